The molecule has 1 amide bonds. The second-order valence-corrected chi connectivity index (χ2v) is 9.09. The van der Waals surface area contributed by atoms with Gasteiger partial charge >= 0.3 is 10.1 Å². The van der Waals surface area contributed by atoms with Gasteiger partial charge in [0, 0.05) is 7.05 Å². The molecular weight excluding hydrogens is 465 g/mol. The first-order valence-corrected chi connectivity index (χ1v) is 11.1. The molecule has 0 bridgehead atoms. The Balaban J connectivity index is 2.18. The molecule has 1 atom stereocenters. The molecule has 29 heavy (non-hydrogen) atoms. The van der Waals surface area contributed by atoms with Crippen LogP contribution in [0.15, 0.2) is 51.9 Å². The molecule has 0 saturated carbocycles. The zero-order chi connectivity index (χ0) is 21.4. The Hall–Kier alpha value is -2.46. The molecule has 0 saturated heterocycles. The third kappa shape index (κ3) is 3.86. The molecule has 0 spiro atoms. The number of benzene rings is 2. The van der Waals surface area contributed by atoms with Crippen LogP contribution in [0.25, 0.3) is 0 Å². The highest BCUT2D eigenvalue weighted by atomic mass is 79.9. The average molecular weight is 484 g/mol. The Morgan fingerprint density at radius 1 is 1.24 bits per heavy atom. The van der Waals surface area contributed by atoms with Crippen LogP contribution < -0.4 is 9.92 Å². The number of guanidine groups is 1. The first-order chi connectivity index (χ1) is 13.6. The van der Waals surface area contributed by atoms with Gasteiger partial charge in [-0.25, -0.2) is 9.38 Å². The van der Waals surface area contributed by atoms with Gasteiger partial charge in [-0.2, -0.15) is 8.42 Å². The van der Waals surface area contributed by atoms with E-state index in [1.165, 1.54) is 42.3 Å². The molecule has 1 unspecified atom stereocenters. The Bertz CT molecular complexity index is 1110. The van der Waals surface area contributed by atoms with Crippen LogP contribution in [-0.4, -0.2) is 38.0 Å². The van der Waals surface area contributed by atoms with Crippen LogP contribution in [0.3, 0.4) is 0 Å². The van der Waals surface area contributed by atoms with E-state index in [9.17, 15) is 17.6 Å². The normalized spacial score (nSPS) is 19.4. The van der Waals surface area contributed by atoms with E-state index in [1.54, 1.807) is 19.1 Å². The van der Waals surface area contributed by atoms with Crippen LogP contribution in [0.2, 0.25) is 0 Å². The molecular formula is C19H19BrFN3O4S. The van der Waals surface area contributed by atoms with Crippen molar-refractivity contribution in [3.05, 3.63) is 63.9 Å². The van der Waals surface area contributed by atoms with Crippen molar-refractivity contribution in [1.82, 2.24) is 4.90 Å². The number of hydrogen-bond acceptors (Lipinski definition) is 6. The SMILES string of the molecule is CCCS(=O)(=O)Oc1cccc(C2(c3ccc(F)c(Br)c3)N=C(N)N(C)C2=O)c1. The summed E-state index contributed by atoms with van der Waals surface area (Å²) in [5.74, 6) is -1.06. The van der Waals surface area contributed by atoms with Crippen LogP contribution in [0.5, 0.6) is 5.75 Å². The Morgan fingerprint density at radius 2 is 1.93 bits per heavy atom. The molecule has 2 N–H and O–H groups in total. The molecule has 2 aromatic carbocycles. The van der Waals surface area contributed by atoms with Crippen molar-refractivity contribution in [2.24, 2.45) is 10.7 Å². The van der Waals surface area contributed by atoms with Crippen molar-refractivity contribution in [3.8, 4) is 5.75 Å². The standard InChI is InChI=1S/C19H19BrFN3O4S/c1-3-9-29(26,27)28-14-6-4-5-12(10-14)19(17(25)24(2)18(22)23-19)13-7-8-16(21)15(20)11-13/h4-8,10-11H,3,9H2,1-2H3,(H2,22,23). The van der Waals surface area contributed by atoms with Crippen LogP contribution in [0, 0.1) is 5.82 Å². The molecule has 0 aromatic heterocycles. The number of hydrogen-bond donors (Lipinski definition) is 1. The molecule has 10 heteroatoms. The maximum absolute atomic E-state index is 13.8. The zero-order valence-corrected chi connectivity index (χ0v) is 18.1. The summed E-state index contributed by atoms with van der Waals surface area (Å²) >= 11 is 3.13. The van der Waals surface area contributed by atoms with E-state index in [2.05, 4.69) is 20.9 Å². The second kappa shape index (κ2) is 7.75. The van der Waals surface area contributed by atoms with Gasteiger partial charge in [-0.05, 0) is 57.7 Å². The smallest absolute Gasteiger partial charge is 0.309 e. The Labute approximate surface area is 176 Å². The van der Waals surface area contributed by atoms with Gasteiger partial charge in [0.1, 0.15) is 11.6 Å². The van der Waals surface area contributed by atoms with E-state index >= 15 is 0 Å². The highest BCUT2D eigenvalue weighted by molar-refractivity contribution is 9.10. The quantitative estimate of drug-likeness (QED) is 0.636. The lowest BCUT2D eigenvalue weighted by Crippen LogP contribution is -2.41. The minimum atomic E-state index is -3.77. The van der Waals surface area contributed by atoms with Crippen LogP contribution in [0.4, 0.5) is 4.39 Å². The molecule has 7 nitrogen and oxygen atoms in total. The number of carbonyl (C=O) groups is 1. The number of nitrogens with two attached hydrogens (primary N) is 1. The first-order valence-electron chi connectivity index (χ1n) is 8.72. The minimum absolute atomic E-state index is 0.0135. The van der Waals surface area contributed by atoms with E-state index < -0.39 is 27.4 Å². The minimum Gasteiger partial charge on any atom is -0.382 e. The highest BCUT2D eigenvalue weighted by Crippen LogP contribution is 2.41. The lowest BCUT2D eigenvalue weighted by atomic mass is 9.82. The fraction of sp³-hybridized carbons (Fsp3) is 0.263. The van der Waals surface area contributed by atoms with Gasteiger partial charge in [0.25, 0.3) is 5.91 Å². The third-order valence-electron chi connectivity index (χ3n) is 4.51. The lowest BCUT2D eigenvalue weighted by Gasteiger charge is -2.26. The molecule has 0 radical (unpaired) electrons. The molecule has 0 fully saturated rings. The lowest BCUT2D eigenvalue weighted by molar-refractivity contribution is -0.129. The van der Waals surface area contributed by atoms with Crippen molar-refractivity contribution < 1.29 is 21.8 Å². The number of aliphatic imine (C=N–C) groups is 1. The fourth-order valence-electron chi connectivity index (χ4n) is 3.12. The van der Waals surface area contributed by atoms with E-state index in [0.29, 0.717) is 17.5 Å². The highest BCUT2D eigenvalue weighted by Gasteiger charge is 2.49. The van der Waals surface area contributed by atoms with Gasteiger partial charge in [-0.3, -0.25) is 9.69 Å². The summed E-state index contributed by atoms with van der Waals surface area (Å²) in [4.78, 5) is 18.8. The van der Waals surface area contributed by atoms with Gasteiger partial charge in [0.15, 0.2) is 11.5 Å². The fourth-order valence-corrected chi connectivity index (χ4v) is 4.48. The molecule has 3 rings (SSSR count). The summed E-state index contributed by atoms with van der Waals surface area (Å²) in [6.07, 6.45) is 0.402. The molecule has 154 valence electrons. The number of halogens is 2. The first kappa shape index (κ1) is 21.3. The summed E-state index contributed by atoms with van der Waals surface area (Å²) in [6.45, 7) is 1.73. The predicted octanol–water partition coefficient (Wildman–Crippen LogP) is 2.74. The molecule has 1 aliphatic rings. The van der Waals surface area contributed by atoms with Crippen LogP contribution in [0.1, 0.15) is 24.5 Å². The molecule has 0 aliphatic carbocycles. The maximum atomic E-state index is 13.8. The monoisotopic (exact) mass is 483 g/mol. The summed E-state index contributed by atoms with van der Waals surface area (Å²) in [7, 11) is -2.29. The maximum Gasteiger partial charge on any atom is 0.309 e. The number of carbonyl (C=O) groups excluding carboxylic acids is 1. The van der Waals surface area contributed by atoms with Gasteiger partial charge in [-0.1, -0.05) is 25.1 Å². The second-order valence-electron chi connectivity index (χ2n) is 6.55. The topological polar surface area (TPSA) is 102 Å². The summed E-state index contributed by atoms with van der Waals surface area (Å²) in [5, 5.41) is 0. The molecule has 1 heterocycles. The van der Waals surface area contributed by atoms with E-state index in [-0.39, 0.29) is 21.9 Å². The predicted molar refractivity (Wildman–Crippen MR) is 110 cm³/mol. The summed E-state index contributed by atoms with van der Waals surface area (Å²) in [5.41, 5.74) is 5.03. The third-order valence-corrected chi connectivity index (χ3v) is 6.47. The van der Waals surface area contributed by atoms with Crippen LogP contribution in [-0.2, 0) is 20.5 Å². The van der Waals surface area contributed by atoms with Crippen molar-refractivity contribution in [3.63, 3.8) is 0 Å². The van der Waals surface area contributed by atoms with Crippen molar-refractivity contribution >= 4 is 37.9 Å². The van der Waals surface area contributed by atoms with E-state index in [1.807, 2.05) is 0 Å². The Kier molecular flexibility index (Phi) is 5.68. The van der Waals surface area contributed by atoms with Crippen LogP contribution >= 0.6 is 15.9 Å². The van der Waals surface area contributed by atoms with Gasteiger partial charge in [0.2, 0.25) is 0 Å². The van der Waals surface area contributed by atoms with Gasteiger partial charge in [0.05, 0.1) is 10.2 Å². The number of nitrogens with zero attached hydrogens (tertiary/aromatic N) is 2. The van der Waals surface area contributed by atoms with Crippen molar-refractivity contribution in [1.29, 1.82) is 0 Å². The Morgan fingerprint density at radius 3 is 2.52 bits per heavy atom. The van der Waals surface area contributed by atoms with Crippen molar-refractivity contribution in [2.75, 3.05) is 12.8 Å². The molecule has 1 aliphatic heterocycles. The number of rotatable bonds is 6. The summed E-state index contributed by atoms with van der Waals surface area (Å²) in [6, 6.07) is 10.2. The summed E-state index contributed by atoms with van der Waals surface area (Å²) < 4.78 is 43.2. The van der Waals surface area contributed by atoms with Gasteiger partial charge < -0.3 is 9.92 Å². The van der Waals surface area contributed by atoms with E-state index in [0.717, 1.165) is 0 Å². The largest absolute Gasteiger partial charge is 0.382 e. The zero-order valence-electron chi connectivity index (χ0n) is 15.7. The van der Waals surface area contributed by atoms with E-state index in [4.69, 9.17) is 9.92 Å². The average Bonchev–Trinajstić information content (AvgIpc) is 2.89. The van der Waals surface area contributed by atoms with Crippen molar-refractivity contribution in [2.45, 2.75) is 18.9 Å². The molecule has 2 aromatic rings. The van der Waals surface area contributed by atoms with Gasteiger partial charge in [-0.15, -0.1) is 0 Å². The number of likely N-dealkylation sites (N-methyl/N-ethyl adjacent to an activating group) is 1. The number of amides is 1.